The average molecular weight is 364 g/mol. The number of aromatic hydroxyl groups is 1. The van der Waals surface area contributed by atoms with Crippen LogP contribution in [0.1, 0.15) is 51.5 Å². The molecule has 8 heteroatoms. The van der Waals surface area contributed by atoms with E-state index in [9.17, 15) is 19.5 Å². The van der Waals surface area contributed by atoms with E-state index in [4.69, 9.17) is 0 Å². The minimum Gasteiger partial charge on any atom is -0.505 e. The van der Waals surface area contributed by atoms with Gasteiger partial charge < -0.3 is 21.1 Å². The fraction of sp³-hybridized carbons (Fsp3) is 0.556. The number of carbonyl (C=O) groups is 3. The molecule has 8 nitrogen and oxygen atoms in total. The molecule has 0 saturated heterocycles. The van der Waals surface area contributed by atoms with E-state index in [1.54, 1.807) is 13.8 Å². The average Bonchev–Trinajstić information content (AvgIpc) is 2.58. The van der Waals surface area contributed by atoms with Crippen LogP contribution in [0, 0.1) is 5.92 Å². The highest BCUT2D eigenvalue weighted by atomic mass is 16.3. The predicted molar refractivity (Wildman–Crippen MR) is 97.5 cm³/mol. The van der Waals surface area contributed by atoms with Crippen molar-refractivity contribution in [3.8, 4) is 5.75 Å². The maximum Gasteiger partial charge on any atom is 0.274 e. The standard InChI is InChI=1S/C18H28N4O4/c1-6-10(2)15(22-13(5)23)17(25)20-11(3)12(4)21-18(26)16-14(24)8-7-9-19-16/h7-12,15,24H,6H2,1-5H3,(H,20,25)(H,21,26)(H,22,23). The lowest BCUT2D eigenvalue weighted by Crippen LogP contribution is -2.55. The molecule has 1 rings (SSSR count). The van der Waals surface area contributed by atoms with Gasteiger partial charge in [-0.3, -0.25) is 14.4 Å². The first-order valence-corrected chi connectivity index (χ1v) is 8.69. The molecule has 1 aromatic heterocycles. The zero-order chi connectivity index (χ0) is 19.9. The Hall–Kier alpha value is -2.64. The number of hydrogen-bond acceptors (Lipinski definition) is 5. The summed E-state index contributed by atoms with van der Waals surface area (Å²) in [5, 5.41) is 17.9. The highest BCUT2D eigenvalue weighted by Crippen LogP contribution is 2.13. The molecule has 0 aliphatic carbocycles. The van der Waals surface area contributed by atoms with Crippen molar-refractivity contribution in [2.45, 2.75) is 59.2 Å². The Kier molecular flexibility index (Phi) is 8.02. The van der Waals surface area contributed by atoms with Crippen molar-refractivity contribution < 1.29 is 19.5 Å². The Labute approximate surface area is 153 Å². The minimum absolute atomic E-state index is 0.0264. The van der Waals surface area contributed by atoms with Gasteiger partial charge in [0, 0.05) is 25.2 Å². The summed E-state index contributed by atoms with van der Waals surface area (Å²) < 4.78 is 0. The second-order valence-electron chi connectivity index (χ2n) is 6.49. The first-order chi connectivity index (χ1) is 12.2. The number of carbonyl (C=O) groups excluding carboxylic acids is 3. The SMILES string of the molecule is CCC(C)C(NC(C)=O)C(=O)NC(C)C(C)NC(=O)c1ncccc1O. The lowest BCUT2D eigenvalue weighted by Gasteiger charge is -2.27. The number of pyridine rings is 1. The van der Waals surface area contributed by atoms with E-state index in [-0.39, 0.29) is 29.2 Å². The Balaban J connectivity index is 2.71. The molecule has 0 aliphatic heterocycles. The van der Waals surface area contributed by atoms with Gasteiger partial charge in [-0.25, -0.2) is 4.98 Å². The van der Waals surface area contributed by atoms with Crippen LogP contribution in [0.25, 0.3) is 0 Å². The van der Waals surface area contributed by atoms with Crippen LogP contribution in [0.4, 0.5) is 0 Å². The van der Waals surface area contributed by atoms with Gasteiger partial charge in [-0.05, 0) is 31.9 Å². The number of rotatable bonds is 8. The van der Waals surface area contributed by atoms with Gasteiger partial charge in [-0.1, -0.05) is 20.3 Å². The summed E-state index contributed by atoms with van der Waals surface area (Å²) in [5.41, 5.74) is -0.0754. The van der Waals surface area contributed by atoms with Gasteiger partial charge in [0.1, 0.15) is 11.8 Å². The van der Waals surface area contributed by atoms with E-state index in [1.165, 1.54) is 25.3 Å². The van der Waals surface area contributed by atoms with Gasteiger partial charge in [0.05, 0.1) is 0 Å². The van der Waals surface area contributed by atoms with Crippen LogP contribution in [0.5, 0.6) is 5.75 Å². The van der Waals surface area contributed by atoms with Gasteiger partial charge in [-0.2, -0.15) is 0 Å². The molecule has 4 atom stereocenters. The lowest BCUT2D eigenvalue weighted by atomic mass is 9.97. The first kappa shape index (κ1) is 21.4. The third-order valence-electron chi connectivity index (χ3n) is 4.33. The fourth-order valence-electron chi connectivity index (χ4n) is 2.33. The van der Waals surface area contributed by atoms with Crippen LogP contribution in [-0.4, -0.2) is 45.9 Å². The largest absolute Gasteiger partial charge is 0.505 e. The van der Waals surface area contributed by atoms with Gasteiger partial charge in [0.15, 0.2) is 5.69 Å². The fourth-order valence-corrected chi connectivity index (χ4v) is 2.33. The van der Waals surface area contributed by atoms with Crippen LogP contribution in [0.2, 0.25) is 0 Å². The lowest BCUT2D eigenvalue weighted by molar-refractivity contribution is -0.129. The Bertz CT molecular complexity index is 650. The summed E-state index contributed by atoms with van der Waals surface area (Å²) >= 11 is 0. The van der Waals surface area contributed by atoms with Crippen LogP contribution in [0.3, 0.4) is 0 Å². The van der Waals surface area contributed by atoms with Crippen LogP contribution >= 0.6 is 0 Å². The predicted octanol–water partition coefficient (Wildman–Crippen LogP) is 0.961. The summed E-state index contributed by atoms with van der Waals surface area (Å²) in [4.78, 5) is 39.9. The van der Waals surface area contributed by atoms with Crippen molar-refractivity contribution in [2.75, 3.05) is 0 Å². The Morgan fingerprint density at radius 2 is 1.73 bits per heavy atom. The summed E-state index contributed by atoms with van der Waals surface area (Å²) in [6.07, 6.45) is 2.15. The van der Waals surface area contributed by atoms with Crippen molar-refractivity contribution >= 4 is 17.7 Å². The Morgan fingerprint density at radius 1 is 1.12 bits per heavy atom. The monoisotopic (exact) mass is 364 g/mol. The van der Waals surface area contributed by atoms with E-state index in [2.05, 4.69) is 20.9 Å². The van der Waals surface area contributed by atoms with E-state index < -0.39 is 24.0 Å². The van der Waals surface area contributed by atoms with Gasteiger partial charge in [0.2, 0.25) is 11.8 Å². The summed E-state index contributed by atoms with van der Waals surface area (Å²) in [6, 6.07) is 1.46. The molecule has 3 amide bonds. The van der Waals surface area contributed by atoms with Crippen LogP contribution in [0.15, 0.2) is 18.3 Å². The molecule has 0 fully saturated rings. The molecular formula is C18H28N4O4. The maximum atomic E-state index is 12.5. The van der Waals surface area contributed by atoms with Crippen molar-refractivity contribution in [3.63, 3.8) is 0 Å². The molecule has 0 spiro atoms. The van der Waals surface area contributed by atoms with E-state index in [1.807, 2.05) is 13.8 Å². The van der Waals surface area contributed by atoms with Crippen LogP contribution < -0.4 is 16.0 Å². The molecule has 0 radical (unpaired) electrons. The normalized spacial score (nSPS) is 15.3. The zero-order valence-corrected chi connectivity index (χ0v) is 15.9. The quantitative estimate of drug-likeness (QED) is 0.548. The summed E-state index contributed by atoms with van der Waals surface area (Å²) in [6.45, 7) is 8.69. The van der Waals surface area contributed by atoms with Gasteiger partial charge >= 0.3 is 0 Å². The number of nitrogens with one attached hydrogen (secondary N) is 3. The van der Waals surface area contributed by atoms with Gasteiger partial charge in [-0.15, -0.1) is 0 Å². The minimum atomic E-state index is -0.636. The molecule has 26 heavy (non-hydrogen) atoms. The number of nitrogens with zero attached hydrogens (tertiary/aromatic N) is 1. The molecule has 144 valence electrons. The summed E-state index contributed by atoms with van der Waals surface area (Å²) in [5.74, 6) is -1.34. The summed E-state index contributed by atoms with van der Waals surface area (Å²) in [7, 11) is 0. The highest BCUT2D eigenvalue weighted by Gasteiger charge is 2.27. The zero-order valence-electron chi connectivity index (χ0n) is 15.9. The van der Waals surface area contributed by atoms with Crippen LogP contribution in [-0.2, 0) is 9.59 Å². The van der Waals surface area contributed by atoms with Crippen molar-refractivity contribution in [1.29, 1.82) is 0 Å². The smallest absolute Gasteiger partial charge is 0.274 e. The first-order valence-electron chi connectivity index (χ1n) is 8.69. The molecule has 0 aliphatic rings. The van der Waals surface area contributed by atoms with E-state index >= 15 is 0 Å². The third kappa shape index (κ3) is 6.02. The molecular weight excluding hydrogens is 336 g/mol. The van der Waals surface area contributed by atoms with Crippen molar-refractivity contribution in [3.05, 3.63) is 24.0 Å². The maximum absolute atomic E-state index is 12.5. The van der Waals surface area contributed by atoms with Gasteiger partial charge in [0.25, 0.3) is 5.91 Å². The molecule has 4 N–H and O–H groups in total. The van der Waals surface area contributed by atoms with Crippen molar-refractivity contribution in [2.24, 2.45) is 5.92 Å². The van der Waals surface area contributed by atoms with Crippen molar-refractivity contribution in [1.82, 2.24) is 20.9 Å². The third-order valence-corrected chi connectivity index (χ3v) is 4.33. The molecule has 0 saturated carbocycles. The number of amides is 3. The second kappa shape index (κ2) is 9.74. The van der Waals surface area contributed by atoms with E-state index in [0.29, 0.717) is 0 Å². The van der Waals surface area contributed by atoms with E-state index in [0.717, 1.165) is 6.42 Å². The highest BCUT2D eigenvalue weighted by molar-refractivity contribution is 5.95. The Morgan fingerprint density at radius 3 is 2.27 bits per heavy atom. The topological polar surface area (TPSA) is 120 Å². The molecule has 1 aromatic rings. The molecule has 0 aromatic carbocycles. The molecule has 4 unspecified atom stereocenters. The number of hydrogen-bond donors (Lipinski definition) is 4. The molecule has 1 heterocycles. The number of aromatic nitrogens is 1. The molecule has 0 bridgehead atoms. The second-order valence-corrected chi connectivity index (χ2v) is 6.49.